The second-order valence-electron chi connectivity index (χ2n) is 2.89. The fraction of sp³-hybridized carbons (Fsp3) is 0.857. The summed E-state index contributed by atoms with van der Waals surface area (Å²) in [5.41, 5.74) is 5.18. The van der Waals surface area contributed by atoms with Gasteiger partial charge in [-0.3, -0.25) is 9.69 Å². The van der Waals surface area contributed by atoms with E-state index in [-0.39, 0.29) is 13.4 Å². The molecule has 0 aliphatic carbocycles. The Bertz CT molecular complexity index is 140. The molecule has 1 aliphatic heterocycles. The quantitative estimate of drug-likeness (QED) is 0.571. The third kappa shape index (κ3) is 1.48. The van der Waals surface area contributed by atoms with Crippen LogP contribution in [-0.4, -0.2) is 30.4 Å². The molecule has 0 spiro atoms. The van der Waals surface area contributed by atoms with Gasteiger partial charge >= 0.3 is 0 Å². The molecular formula is C7H16N2O. The maximum atomic E-state index is 10.7. The molecule has 0 bridgehead atoms. The van der Waals surface area contributed by atoms with E-state index in [1.165, 1.54) is 6.42 Å². The Labute approximate surface area is 62.7 Å². The third-order valence-electron chi connectivity index (χ3n) is 2.10. The van der Waals surface area contributed by atoms with Gasteiger partial charge in [-0.05, 0) is 26.4 Å². The first-order valence-electron chi connectivity index (χ1n) is 3.71. The van der Waals surface area contributed by atoms with E-state index in [4.69, 9.17) is 5.73 Å². The monoisotopic (exact) mass is 144 g/mol. The molecule has 0 aromatic rings. The van der Waals surface area contributed by atoms with Gasteiger partial charge in [0.05, 0.1) is 6.04 Å². The number of likely N-dealkylation sites (N-methyl/N-ethyl adjacent to an activating group) is 1. The highest BCUT2D eigenvalue weighted by Crippen LogP contribution is 2.13. The molecule has 1 saturated heterocycles. The standard InChI is InChI=1S/C7H14N2O.H2/c1-9-5-3-2-4-6(9)7(8)10;/h6H,2-5H2,1H3,(H2,8,10);1H. The molecule has 1 aliphatic rings. The summed E-state index contributed by atoms with van der Waals surface area (Å²) in [7, 11) is 1.95. The van der Waals surface area contributed by atoms with Crippen LogP contribution in [0.4, 0.5) is 0 Å². The van der Waals surface area contributed by atoms with Gasteiger partial charge in [0.1, 0.15) is 0 Å². The van der Waals surface area contributed by atoms with Crippen LogP contribution in [0.2, 0.25) is 0 Å². The molecule has 3 nitrogen and oxygen atoms in total. The van der Waals surface area contributed by atoms with Crippen LogP contribution in [0.1, 0.15) is 20.7 Å². The topological polar surface area (TPSA) is 46.3 Å². The van der Waals surface area contributed by atoms with E-state index in [0.717, 1.165) is 19.4 Å². The molecule has 0 radical (unpaired) electrons. The fourth-order valence-corrected chi connectivity index (χ4v) is 1.43. The molecule has 60 valence electrons. The van der Waals surface area contributed by atoms with Crippen molar-refractivity contribution in [3.8, 4) is 0 Å². The Morgan fingerprint density at radius 2 is 2.40 bits per heavy atom. The summed E-state index contributed by atoms with van der Waals surface area (Å²) in [6.45, 7) is 1.01. The summed E-state index contributed by atoms with van der Waals surface area (Å²) in [6, 6.07) is -0.00579. The van der Waals surface area contributed by atoms with Crippen LogP contribution in [0.5, 0.6) is 0 Å². The van der Waals surface area contributed by atoms with Crippen molar-refractivity contribution < 1.29 is 6.22 Å². The Morgan fingerprint density at radius 3 is 2.80 bits per heavy atom. The number of rotatable bonds is 1. The molecule has 1 unspecified atom stereocenters. The van der Waals surface area contributed by atoms with Gasteiger partial charge in [0.15, 0.2) is 0 Å². The zero-order valence-corrected chi connectivity index (χ0v) is 6.34. The normalized spacial score (nSPS) is 28.3. The Morgan fingerprint density at radius 1 is 1.70 bits per heavy atom. The van der Waals surface area contributed by atoms with Crippen LogP contribution in [0.25, 0.3) is 0 Å². The molecule has 3 heteroatoms. The first-order valence-corrected chi connectivity index (χ1v) is 3.71. The van der Waals surface area contributed by atoms with Crippen molar-refractivity contribution in [1.29, 1.82) is 0 Å². The molecule has 1 atom stereocenters. The molecule has 0 aromatic carbocycles. The largest absolute Gasteiger partial charge is 0.368 e. The molecule has 0 aromatic heterocycles. The summed E-state index contributed by atoms with van der Waals surface area (Å²) in [5.74, 6) is -0.179. The van der Waals surface area contributed by atoms with E-state index in [1.807, 2.05) is 11.9 Å². The molecular weight excluding hydrogens is 128 g/mol. The summed E-state index contributed by atoms with van der Waals surface area (Å²) in [4.78, 5) is 12.8. The lowest BCUT2D eigenvalue weighted by Gasteiger charge is -2.29. The summed E-state index contributed by atoms with van der Waals surface area (Å²) >= 11 is 0. The molecule has 0 saturated carbocycles. The van der Waals surface area contributed by atoms with Crippen LogP contribution in [0.15, 0.2) is 0 Å². The van der Waals surface area contributed by atoms with Gasteiger partial charge in [-0.25, -0.2) is 0 Å². The van der Waals surface area contributed by atoms with Gasteiger partial charge in [-0.2, -0.15) is 0 Å². The van der Waals surface area contributed by atoms with Crippen LogP contribution in [0, 0.1) is 0 Å². The first kappa shape index (κ1) is 7.54. The maximum absolute atomic E-state index is 10.7. The minimum absolute atomic E-state index is 0. The lowest BCUT2D eigenvalue weighted by Crippen LogP contribution is -2.45. The van der Waals surface area contributed by atoms with Gasteiger partial charge in [-0.15, -0.1) is 0 Å². The predicted molar refractivity (Wildman–Crippen MR) is 41.6 cm³/mol. The smallest absolute Gasteiger partial charge is 0.234 e. The zero-order chi connectivity index (χ0) is 7.56. The molecule has 1 fully saturated rings. The number of carbonyl (C=O) groups excluding carboxylic acids is 1. The average molecular weight is 144 g/mol. The molecule has 1 amide bonds. The highest BCUT2D eigenvalue weighted by molar-refractivity contribution is 5.79. The molecule has 1 rings (SSSR count). The number of hydrogen-bond acceptors (Lipinski definition) is 2. The van der Waals surface area contributed by atoms with E-state index < -0.39 is 0 Å². The highest BCUT2D eigenvalue weighted by atomic mass is 16.1. The molecule has 2 N–H and O–H groups in total. The van der Waals surface area contributed by atoms with E-state index in [9.17, 15) is 4.79 Å². The maximum Gasteiger partial charge on any atom is 0.234 e. The Balaban J connectivity index is 0.000001000. The number of amides is 1. The summed E-state index contributed by atoms with van der Waals surface area (Å²) in [6.07, 6.45) is 3.27. The fourth-order valence-electron chi connectivity index (χ4n) is 1.43. The van der Waals surface area contributed by atoms with Crippen LogP contribution >= 0.6 is 0 Å². The predicted octanol–water partition coefficient (Wildman–Crippen LogP) is 0.202. The Kier molecular flexibility index (Phi) is 2.27. The van der Waals surface area contributed by atoms with Crippen molar-refractivity contribution in [2.45, 2.75) is 25.3 Å². The lowest BCUT2D eigenvalue weighted by molar-refractivity contribution is -0.123. The van der Waals surface area contributed by atoms with Crippen LogP contribution in [0.3, 0.4) is 0 Å². The van der Waals surface area contributed by atoms with Crippen LogP contribution < -0.4 is 5.73 Å². The van der Waals surface area contributed by atoms with E-state index in [2.05, 4.69) is 0 Å². The van der Waals surface area contributed by atoms with Gasteiger partial charge in [0, 0.05) is 1.43 Å². The van der Waals surface area contributed by atoms with Crippen molar-refractivity contribution >= 4 is 5.91 Å². The molecule has 1 heterocycles. The van der Waals surface area contributed by atoms with Gasteiger partial charge in [0.25, 0.3) is 0 Å². The van der Waals surface area contributed by atoms with Gasteiger partial charge in [0.2, 0.25) is 5.91 Å². The van der Waals surface area contributed by atoms with Crippen molar-refractivity contribution in [2.75, 3.05) is 13.6 Å². The second kappa shape index (κ2) is 3.01. The third-order valence-corrected chi connectivity index (χ3v) is 2.10. The number of nitrogens with zero attached hydrogens (tertiary/aromatic N) is 1. The van der Waals surface area contributed by atoms with Crippen LogP contribution in [-0.2, 0) is 4.79 Å². The molecule has 10 heavy (non-hydrogen) atoms. The van der Waals surface area contributed by atoms with Crippen molar-refractivity contribution in [3.63, 3.8) is 0 Å². The van der Waals surface area contributed by atoms with E-state index >= 15 is 0 Å². The summed E-state index contributed by atoms with van der Waals surface area (Å²) in [5, 5.41) is 0. The minimum Gasteiger partial charge on any atom is -0.368 e. The number of hydrogen-bond donors (Lipinski definition) is 1. The number of primary amides is 1. The van der Waals surface area contributed by atoms with Crippen molar-refractivity contribution in [1.82, 2.24) is 4.90 Å². The SMILES string of the molecule is CN1CCCCC1C(N)=O.[HH]. The van der Waals surface area contributed by atoms with Crippen molar-refractivity contribution in [3.05, 3.63) is 0 Å². The minimum atomic E-state index is -0.179. The summed E-state index contributed by atoms with van der Waals surface area (Å²) < 4.78 is 0. The number of nitrogens with two attached hydrogens (primary N) is 1. The van der Waals surface area contributed by atoms with E-state index in [1.54, 1.807) is 0 Å². The second-order valence-corrected chi connectivity index (χ2v) is 2.89. The van der Waals surface area contributed by atoms with Gasteiger partial charge < -0.3 is 5.73 Å². The van der Waals surface area contributed by atoms with Crippen molar-refractivity contribution in [2.24, 2.45) is 5.73 Å². The number of likely N-dealkylation sites (tertiary alicyclic amines) is 1. The highest BCUT2D eigenvalue weighted by Gasteiger charge is 2.22. The average Bonchev–Trinajstić information content (AvgIpc) is 1.88. The first-order chi connectivity index (χ1) is 4.72. The number of carbonyl (C=O) groups is 1. The van der Waals surface area contributed by atoms with Gasteiger partial charge in [-0.1, -0.05) is 6.42 Å². The number of piperidine rings is 1. The zero-order valence-electron chi connectivity index (χ0n) is 6.34. The van der Waals surface area contributed by atoms with E-state index in [0.29, 0.717) is 0 Å². The Hall–Kier alpha value is -0.570. The lowest BCUT2D eigenvalue weighted by atomic mass is 10.0.